The maximum absolute atomic E-state index is 10.2. The number of hydrogen-bond acceptors (Lipinski definition) is 5. The molecule has 3 N–H and O–H groups in total. The first-order chi connectivity index (χ1) is 8.50. The Morgan fingerprint density at radius 3 is 2.67 bits per heavy atom. The zero-order chi connectivity index (χ0) is 13.3. The third kappa shape index (κ3) is 2.21. The molecule has 0 aliphatic carbocycles. The number of nitrogen functional groups attached to an aromatic ring is 1. The Kier molecular flexibility index (Phi) is 3.33. The Labute approximate surface area is 105 Å². The molecule has 18 heavy (non-hydrogen) atoms. The van der Waals surface area contributed by atoms with Gasteiger partial charge in [-0.25, -0.2) is 9.67 Å². The maximum atomic E-state index is 10.2. The van der Waals surface area contributed by atoms with Crippen molar-refractivity contribution in [2.75, 3.05) is 5.73 Å². The van der Waals surface area contributed by atoms with Gasteiger partial charge < -0.3 is 10.8 Å². The SMILES string of the molecule is CC(C)n1ncnc1CC(O)c1cnn(C)c1N. The van der Waals surface area contributed by atoms with Crippen LogP contribution in [-0.4, -0.2) is 29.7 Å². The van der Waals surface area contributed by atoms with Gasteiger partial charge in [0, 0.05) is 25.1 Å². The van der Waals surface area contributed by atoms with E-state index in [9.17, 15) is 5.11 Å². The molecule has 2 aromatic heterocycles. The Morgan fingerprint density at radius 2 is 2.11 bits per heavy atom. The quantitative estimate of drug-likeness (QED) is 0.821. The van der Waals surface area contributed by atoms with Gasteiger partial charge in [0.15, 0.2) is 0 Å². The number of aryl methyl sites for hydroxylation is 1. The zero-order valence-electron chi connectivity index (χ0n) is 10.8. The van der Waals surface area contributed by atoms with Crippen molar-refractivity contribution in [3.05, 3.63) is 23.9 Å². The Hall–Kier alpha value is -1.89. The smallest absolute Gasteiger partial charge is 0.138 e. The van der Waals surface area contributed by atoms with Gasteiger partial charge in [0.05, 0.1) is 12.3 Å². The number of aliphatic hydroxyl groups excluding tert-OH is 1. The van der Waals surface area contributed by atoms with Crippen LogP contribution in [0.1, 0.15) is 37.4 Å². The Balaban J connectivity index is 2.19. The van der Waals surface area contributed by atoms with Gasteiger partial charge in [-0.05, 0) is 13.8 Å². The third-order valence-electron chi connectivity index (χ3n) is 2.89. The van der Waals surface area contributed by atoms with Crippen molar-refractivity contribution in [3.63, 3.8) is 0 Å². The van der Waals surface area contributed by atoms with Crippen molar-refractivity contribution in [1.82, 2.24) is 24.5 Å². The lowest BCUT2D eigenvalue weighted by Gasteiger charge is -2.12. The fourth-order valence-corrected chi connectivity index (χ4v) is 1.86. The van der Waals surface area contributed by atoms with E-state index in [1.807, 2.05) is 13.8 Å². The summed E-state index contributed by atoms with van der Waals surface area (Å²) in [5.74, 6) is 1.21. The average Bonchev–Trinajstić information content (AvgIpc) is 2.88. The predicted octanol–water partition coefficient (Wildman–Crippen LogP) is 0.451. The van der Waals surface area contributed by atoms with E-state index in [1.54, 1.807) is 17.9 Å². The van der Waals surface area contributed by atoms with Crippen molar-refractivity contribution in [3.8, 4) is 0 Å². The summed E-state index contributed by atoms with van der Waals surface area (Å²) in [5, 5.41) is 18.3. The van der Waals surface area contributed by atoms with E-state index < -0.39 is 6.10 Å². The second-order valence-electron chi connectivity index (χ2n) is 4.54. The molecular formula is C11H18N6O. The van der Waals surface area contributed by atoms with Crippen molar-refractivity contribution in [2.24, 2.45) is 7.05 Å². The summed E-state index contributed by atoms with van der Waals surface area (Å²) in [7, 11) is 1.74. The molecule has 0 saturated carbocycles. The molecule has 0 radical (unpaired) electrons. The fraction of sp³-hybridized carbons (Fsp3) is 0.545. The van der Waals surface area contributed by atoms with Gasteiger partial charge in [0.2, 0.25) is 0 Å². The molecule has 2 rings (SSSR count). The average molecular weight is 250 g/mol. The molecule has 7 heteroatoms. The van der Waals surface area contributed by atoms with Crippen LogP contribution < -0.4 is 5.73 Å². The standard InChI is InChI=1S/C11H18N6O/c1-7(2)17-10(13-6-15-17)4-9(18)8-5-14-16(3)11(8)12/h5-7,9,18H,4,12H2,1-3H3. The molecule has 0 spiro atoms. The maximum Gasteiger partial charge on any atom is 0.138 e. The molecule has 7 nitrogen and oxygen atoms in total. The number of anilines is 1. The van der Waals surface area contributed by atoms with E-state index in [0.717, 1.165) is 5.82 Å². The van der Waals surface area contributed by atoms with Crippen LogP contribution in [0.4, 0.5) is 5.82 Å². The number of nitrogens with zero attached hydrogens (tertiary/aromatic N) is 5. The highest BCUT2D eigenvalue weighted by atomic mass is 16.3. The van der Waals surface area contributed by atoms with Crippen LogP contribution in [-0.2, 0) is 13.5 Å². The van der Waals surface area contributed by atoms with Gasteiger partial charge in [-0.3, -0.25) is 4.68 Å². The van der Waals surface area contributed by atoms with Crippen LogP contribution in [0.3, 0.4) is 0 Å². The Bertz CT molecular complexity index is 529. The first-order valence-corrected chi connectivity index (χ1v) is 5.84. The first kappa shape index (κ1) is 12.6. The summed E-state index contributed by atoms with van der Waals surface area (Å²) >= 11 is 0. The second-order valence-corrected chi connectivity index (χ2v) is 4.54. The largest absolute Gasteiger partial charge is 0.388 e. The molecule has 1 unspecified atom stereocenters. The molecule has 0 saturated heterocycles. The minimum atomic E-state index is -0.722. The monoisotopic (exact) mass is 250 g/mol. The number of aromatic nitrogens is 5. The van der Waals surface area contributed by atoms with Gasteiger partial charge in [-0.15, -0.1) is 0 Å². The lowest BCUT2D eigenvalue weighted by Crippen LogP contribution is -2.13. The number of aliphatic hydroxyl groups is 1. The van der Waals surface area contributed by atoms with Crippen molar-refractivity contribution in [1.29, 1.82) is 0 Å². The van der Waals surface area contributed by atoms with E-state index in [2.05, 4.69) is 15.2 Å². The van der Waals surface area contributed by atoms with E-state index in [0.29, 0.717) is 17.8 Å². The molecule has 0 bridgehead atoms. The van der Waals surface area contributed by atoms with E-state index in [4.69, 9.17) is 5.73 Å². The number of nitrogens with two attached hydrogens (primary N) is 1. The molecule has 0 fully saturated rings. The van der Waals surface area contributed by atoms with Crippen LogP contribution >= 0.6 is 0 Å². The topological polar surface area (TPSA) is 94.8 Å². The van der Waals surface area contributed by atoms with Crippen LogP contribution in [0.25, 0.3) is 0 Å². The lowest BCUT2D eigenvalue weighted by atomic mass is 10.1. The number of hydrogen-bond donors (Lipinski definition) is 2. The highest BCUT2D eigenvalue weighted by Gasteiger charge is 2.18. The minimum Gasteiger partial charge on any atom is -0.388 e. The lowest BCUT2D eigenvalue weighted by molar-refractivity contribution is 0.174. The van der Waals surface area contributed by atoms with Crippen LogP contribution in [0, 0.1) is 0 Å². The summed E-state index contributed by atoms with van der Waals surface area (Å²) in [6.07, 6.45) is 2.72. The molecule has 98 valence electrons. The van der Waals surface area contributed by atoms with Crippen LogP contribution in [0.5, 0.6) is 0 Å². The highest BCUT2D eigenvalue weighted by Crippen LogP contribution is 2.22. The normalized spacial score (nSPS) is 13.2. The van der Waals surface area contributed by atoms with Crippen molar-refractivity contribution in [2.45, 2.75) is 32.4 Å². The predicted molar refractivity (Wildman–Crippen MR) is 66.7 cm³/mol. The van der Waals surface area contributed by atoms with Crippen molar-refractivity contribution >= 4 is 5.82 Å². The zero-order valence-corrected chi connectivity index (χ0v) is 10.8. The van der Waals surface area contributed by atoms with Crippen molar-refractivity contribution < 1.29 is 5.11 Å². The molecule has 0 aromatic carbocycles. The third-order valence-corrected chi connectivity index (χ3v) is 2.89. The molecule has 2 aromatic rings. The van der Waals surface area contributed by atoms with Crippen LogP contribution in [0.15, 0.2) is 12.5 Å². The summed E-state index contributed by atoms with van der Waals surface area (Å²) in [6, 6.07) is 0.209. The first-order valence-electron chi connectivity index (χ1n) is 5.84. The fourth-order valence-electron chi connectivity index (χ4n) is 1.86. The summed E-state index contributed by atoms with van der Waals surface area (Å²) in [4.78, 5) is 4.16. The van der Waals surface area contributed by atoms with Gasteiger partial charge >= 0.3 is 0 Å². The van der Waals surface area contributed by atoms with Gasteiger partial charge in [0.1, 0.15) is 18.0 Å². The molecular weight excluding hydrogens is 232 g/mol. The molecule has 0 aliphatic rings. The molecule has 1 atom stereocenters. The molecule has 0 aliphatic heterocycles. The van der Waals surface area contributed by atoms with E-state index in [1.165, 1.54) is 11.0 Å². The van der Waals surface area contributed by atoms with Gasteiger partial charge in [-0.2, -0.15) is 10.2 Å². The molecule has 0 amide bonds. The van der Waals surface area contributed by atoms with E-state index in [-0.39, 0.29) is 6.04 Å². The van der Waals surface area contributed by atoms with E-state index >= 15 is 0 Å². The summed E-state index contributed by atoms with van der Waals surface area (Å²) in [6.45, 7) is 4.03. The highest BCUT2D eigenvalue weighted by molar-refractivity contribution is 5.40. The van der Waals surface area contributed by atoms with Gasteiger partial charge in [-0.1, -0.05) is 0 Å². The molecule has 2 heterocycles. The van der Waals surface area contributed by atoms with Gasteiger partial charge in [0.25, 0.3) is 0 Å². The minimum absolute atomic E-state index is 0.209. The summed E-state index contributed by atoms with van der Waals surface area (Å²) in [5.41, 5.74) is 6.45. The summed E-state index contributed by atoms with van der Waals surface area (Å²) < 4.78 is 3.32. The van der Waals surface area contributed by atoms with Crippen LogP contribution in [0.2, 0.25) is 0 Å². The Morgan fingerprint density at radius 1 is 1.39 bits per heavy atom. The second kappa shape index (κ2) is 4.77. The number of rotatable bonds is 4.